The molecule has 0 radical (unpaired) electrons. The van der Waals surface area contributed by atoms with Gasteiger partial charge in [0.05, 0.1) is 11.2 Å². The van der Waals surface area contributed by atoms with Crippen molar-refractivity contribution in [3.8, 4) is 0 Å². The monoisotopic (exact) mass is 287 g/mol. The van der Waals surface area contributed by atoms with Gasteiger partial charge in [0.2, 0.25) is 0 Å². The summed E-state index contributed by atoms with van der Waals surface area (Å²) in [5.74, 6) is 0.822. The number of hydrogen-bond donors (Lipinski definition) is 1. The van der Waals surface area contributed by atoms with Crippen molar-refractivity contribution in [3.63, 3.8) is 0 Å². The number of thiazole rings is 1. The fourth-order valence-corrected chi connectivity index (χ4v) is 3.59. The van der Waals surface area contributed by atoms with Gasteiger partial charge in [-0.05, 0) is 32.2 Å². The standard InChI is InChI=1S/C12H17N3OS.ClH/c1-8-14-6-11(17-8)12(16)15-5-3-10-9(7-15)2-4-13-10;/h6,9-10,13H,2-5,7H2,1H3;1H. The second-order valence-corrected chi connectivity index (χ2v) is 6.13. The number of carbonyl (C=O) groups is 1. The van der Waals surface area contributed by atoms with Crippen molar-refractivity contribution in [2.75, 3.05) is 19.6 Å². The quantitative estimate of drug-likeness (QED) is 0.855. The van der Waals surface area contributed by atoms with Crippen LogP contribution in [-0.4, -0.2) is 41.5 Å². The second-order valence-electron chi connectivity index (χ2n) is 4.89. The zero-order chi connectivity index (χ0) is 11.8. The van der Waals surface area contributed by atoms with Gasteiger partial charge in [-0.3, -0.25) is 4.79 Å². The van der Waals surface area contributed by atoms with Gasteiger partial charge in [0.1, 0.15) is 4.88 Å². The molecule has 1 aromatic rings. The van der Waals surface area contributed by atoms with E-state index in [0.29, 0.717) is 12.0 Å². The molecular weight excluding hydrogens is 270 g/mol. The van der Waals surface area contributed by atoms with Crippen LogP contribution in [-0.2, 0) is 0 Å². The molecular formula is C12H18ClN3OS. The Bertz CT molecular complexity index is 437. The normalized spacial score (nSPS) is 26.6. The smallest absolute Gasteiger partial charge is 0.265 e. The number of nitrogens with zero attached hydrogens (tertiary/aromatic N) is 2. The first-order valence-corrected chi connectivity index (χ1v) is 7.01. The SMILES string of the molecule is Cc1ncc(C(=O)N2CCC3NCCC3C2)s1.Cl. The number of aromatic nitrogens is 1. The lowest BCUT2D eigenvalue weighted by atomic mass is 9.93. The van der Waals surface area contributed by atoms with Crippen LogP contribution < -0.4 is 5.32 Å². The lowest BCUT2D eigenvalue weighted by Crippen LogP contribution is -2.46. The summed E-state index contributed by atoms with van der Waals surface area (Å²) >= 11 is 1.50. The molecule has 2 saturated heterocycles. The van der Waals surface area contributed by atoms with Crippen LogP contribution in [0.4, 0.5) is 0 Å². The molecule has 2 unspecified atom stereocenters. The van der Waals surface area contributed by atoms with Crippen molar-refractivity contribution in [1.82, 2.24) is 15.2 Å². The van der Waals surface area contributed by atoms with Gasteiger partial charge in [-0.25, -0.2) is 4.98 Å². The van der Waals surface area contributed by atoms with Gasteiger partial charge in [0.15, 0.2) is 0 Å². The van der Waals surface area contributed by atoms with Crippen LogP contribution in [0, 0.1) is 12.8 Å². The zero-order valence-electron chi connectivity index (χ0n) is 10.4. The minimum absolute atomic E-state index is 0. The number of piperidine rings is 1. The Morgan fingerprint density at radius 2 is 2.39 bits per heavy atom. The van der Waals surface area contributed by atoms with Crippen molar-refractivity contribution in [1.29, 1.82) is 0 Å². The Morgan fingerprint density at radius 3 is 3.11 bits per heavy atom. The van der Waals surface area contributed by atoms with E-state index in [1.807, 2.05) is 11.8 Å². The van der Waals surface area contributed by atoms with Crippen LogP contribution in [0.1, 0.15) is 27.5 Å². The van der Waals surface area contributed by atoms with E-state index >= 15 is 0 Å². The first kappa shape index (κ1) is 13.8. The third-order valence-electron chi connectivity index (χ3n) is 3.77. The van der Waals surface area contributed by atoms with Crippen LogP contribution in [0.5, 0.6) is 0 Å². The molecule has 3 rings (SSSR count). The summed E-state index contributed by atoms with van der Waals surface area (Å²) in [5, 5.41) is 4.48. The molecule has 2 fully saturated rings. The predicted octanol–water partition coefficient (Wildman–Crippen LogP) is 1.70. The van der Waals surface area contributed by atoms with Crippen molar-refractivity contribution in [2.45, 2.75) is 25.8 Å². The Hall–Kier alpha value is -0.650. The van der Waals surface area contributed by atoms with Gasteiger partial charge in [-0.15, -0.1) is 23.7 Å². The van der Waals surface area contributed by atoms with E-state index in [1.165, 1.54) is 17.8 Å². The molecule has 0 aromatic carbocycles. The van der Waals surface area contributed by atoms with Crippen molar-refractivity contribution in [2.24, 2.45) is 5.92 Å². The van der Waals surface area contributed by atoms with Crippen LogP contribution in [0.2, 0.25) is 0 Å². The number of rotatable bonds is 1. The van der Waals surface area contributed by atoms with Crippen LogP contribution >= 0.6 is 23.7 Å². The summed E-state index contributed by atoms with van der Waals surface area (Å²) in [4.78, 5) is 19.2. The highest BCUT2D eigenvalue weighted by Crippen LogP contribution is 2.26. The Labute approximate surface area is 117 Å². The second kappa shape index (κ2) is 5.55. The lowest BCUT2D eigenvalue weighted by Gasteiger charge is -2.34. The third-order valence-corrected chi connectivity index (χ3v) is 4.68. The fraction of sp³-hybridized carbons (Fsp3) is 0.667. The minimum atomic E-state index is 0. The summed E-state index contributed by atoms with van der Waals surface area (Å²) in [5.41, 5.74) is 0. The summed E-state index contributed by atoms with van der Waals surface area (Å²) < 4.78 is 0. The van der Waals surface area contributed by atoms with E-state index in [4.69, 9.17) is 0 Å². The van der Waals surface area contributed by atoms with Gasteiger partial charge in [-0.1, -0.05) is 0 Å². The molecule has 4 nitrogen and oxygen atoms in total. The van der Waals surface area contributed by atoms with E-state index in [1.54, 1.807) is 6.20 Å². The maximum atomic E-state index is 12.3. The Kier molecular flexibility index (Phi) is 4.25. The number of aryl methyl sites for hydroxylation is 1. The summed E-state index contributed by atoms with van der Waals surface area (Å²) in [7, 11) is 0. The predicted molar refractivity (Wildman–Crippen MR) is 74.5 cm³/mol. The number of likely N-dealkylation sites (tertiary alicyclic amines) is 1. The van der Waals surface area contributed by atoms with E-state index in [9.17, 15) is 4.79 Å². The summed E-state index contributed by atoms with van der Waals surface area (Å²) in [6.45, 7) is 4.84. The average molecular weight is 288 g/mol. The van der Waals surface area contributed by atoms with Gasteiger partial charge < -0.3 is 10.2 Å². The Balaban J connectivity index is 0.00000120. The van der Waals surface area contributed by atoms with Crippen LogP contribution in [0.15, 0.2) is 6.20 Å². The Morgan fingerprint density at radius 1 is 1.56 bits per heavy atom. The molecule has 0 bridgehead atoms. The van der Waals surface area contributed by atoms with Gasteiger partial charge in [-0.2, -0.15) is 0 Å². The number of carbonyl (C=O) groups excluding carboxylic acids is 1. The number of nitrogens with one attached hydrogen (secondary N) is 1. The van der Waals surface area contributed by atoms with Gasteiger partial charge in [0.25, 0.3) is 5.91 Å². The molecule has 0 saturated carbocycles. The van der Waals surface area contributed by atoms with Crippen molar-refractivity contribution >= 4 is 29.7 Å². The topological polar surface area (TPSA) is 45.2 Å². The summed E-state index contributed by atoms with van der Waals surface area (Å²) in [6.07, 6.45) is 4.01. The maximum absolute atomic E-state index is 12.3. The molecule has 0 spiro atoms. The highest BCUT2D eigenvalue weighted by Gasteiger charge is 2.34. The van der Waals surface area contributed by atoms with E-state index < -0.39 is 0 Å². The molecule has 18 heavy (non-hydrogen) atoms. The van der Waals surface area contributed by atoms with E-state index in [0.717, 1.165) is 35.9 Å². The summed E-state index contributed by atoms with van der Waals surface area (Å²) in [6, 6.07) is 0.641. The average Bonchev–Trinajstić information content (AvgIpc) is 2.95. The highest BCUT2D eigenvalue weighted by molar-refractivity contribution is 7.13. The fourth-order valence-electron chi connectivity index (χ4n) is 2.85. The van der Waals surface area contributed by atoms with Crippen molar-refractivity contribution < 1.29 is 4.79 Å². The molecule has 100 valence electrons. The van der Waals surface area contributed by atoms with E-state index in [2.05, 4.69) is 10.3 Å². The number of hydrogen-bond acceptors (Lipinski definition) is 4. The number of fused-ring (bicyclic) bond motifs is 1. The first-order valence-electron chi connectivity index (χ1n) is 6.19. The minimum Gasteiger partial charge on any atom is -0.338 e. The van der Waals surface area contributed by atoms with E-state index in [-0.39, 0.29) is 18.3 Å². The highest BCUT2D eigenvalue weighted by atomic mass is 35.5. The molecule has 1 N–H and O–H groups in total. The molecule has 1 aromatic heterocycles. The van der Waals surface area contributed by atoms with Gasteiger partial charge >= 0.3 is 0 Å². The molecule has 2 aliphatic rings. The molecule has 0 aliphatic carbocycles. The third kappa shape index (κ3) is 2.53. The van der Waals surface area contributed by atoms with Crippen LogP contribution in [0.3, 0.4) is 0 Å². The molecule has 1 amide bonds. The number of halogens is 1. The maximum Gasteiger partial charge on any atom is 0.265 e. The van der Waals surface area contributed by atoms with Crippen molar-refractivity contribution in [3.05, 3.63) is 16.1 Å². The molecule has 2 atom stereocenters. The molecule has 3 heterocycles. The number of amides is 1. The first-order chi connectivity index (χ1) is 8.24. The molecule has 2 aliphatic heterocycles. The van der Waals surface area contributed by atoms with Gasteiger partial charge in [0, 0.05) is 19.1 Å². The largest absolute Gasteiger partial charge is 0.338 e. The zero-order valence-corrected chi connectivity index (χ0v) is 12.0. The van der Waals surface area contributed by atoms with Crippen LogP contribution in [0.25, 0.3) is 0 Å². The lowest BCUT2D eigenvalue weighted by molar-refractivity contribution is 0.0666. The molecule has 6 heteroatoms.